The summed E-state index contributed by atoms with van der Waals surface area (Å²) in [6, 6.07) is 4.76. The first-order valence-corrected chi connectivity index (χ1v) is 6.62. The van der Waals surface area contributed by atoms with E-state index in [4.69, 9.17) is 20.5 Å². The average Bonchev–Trinajstić information content (AvgIpc) is 2.22. The third-order valence-electron chi connectivity index (χ3n) is 1.95. The summed E-state index contributed by atoms with van der Waals surface area (Å²) in [5.41, 5.74) is 12.2. The minimum atomic E-state index is -3.34. The van der Waals surface area contributed by atoms with Gasteiger partial charge < -0.3 is 20.5 Å². The minimum Gasteiger partial charge on any atom is -0.399 e. The molecule has 0 atom stereocenters. The van der Waals surface area contributed by atoms with Gasteiger partial charge in [-0.2, -0.15) is 0 Å². The van der Waals surface area contributed by atoms with Crippen molar-refractivity contribution in [1.29, 1.82) is 0 Å². The topological polar surface area (TPSA) is 87.6 Å². The van der Waals surface area contributed by atoms with Gasteiger partial charge in [-0.05, 0) is 32.0 Å². The van der Waals surface area contributed by atoms with Gasteiger partial charge in [0.25, 0.3) is 0 Å². The van der Waals surface area contributed by atoms with Crippen LogP contribution in [0.1, 0.15) is 13.8 Å². The van der Waals surface area contributed by atoms with Crippen molar-refractivity contribution in [3.05, 3.63) is 18.2 Å². The summed E-state index contributed by atoms with van der Waals surface area (Å²) < 4.78 is 22.8. The van der Waals surface area contributed by atoms with E-state index >= 15 is 0 Å². The van der Waals surface area contributed by atoms with E-state index in [0.717, 1.165) is 0 Å². The van der Waals surface area contributed by atoms with Gasteiger partial charge in [-0.1, -0.05) is 0 Å². The van der Waals surface area contributed by atoms with Gasteiger partial charge in [-0.25, -0.2) is 0 Å². The molecule has 0 spiro atoms. The molecule has 0 heterocycles. The van der Waals surface area contributed by atoms with Gasteiger partial charge in [-0.3, -0.25) is 4.57 Å². The largest absolute Gasteiger partial charge is 0.399 e. The van der Waals surface area contributed by atoms with Crippen LogP contribution >= 0.6 is 7.60 Å². The van der Waals surface area contributed by atoms with Crippen LogP contribution in [0.3, 0.4) is 0 Å². The zero-order valence-corrected chi connectivity index (χ0v) is 10.4. The quantitative estimate of drug-likeness (QED) is 0.608. The van der Waals surface area contributed by atoms with Crippen molar-refractivity contribution in [2.24, 2.45) is 0 Å². The maximum atomic E-state index is 12.4. The summed E-state index contributed by atoms with van der Waals surface area (Å²) in [4.78, 5) is 0. The summed E-state index contributed by atoms with van der Waals surface area (Å²) in [5, 5.41) is 0.330. The van der Waals surface area contributed by atoms with Gasteiger partial charge in [0.2, 0.25) is 0 Å². The molecule has 1 rings (SSSR count). The highest BCUT2D eigenvalue weighted by Crippen LogP contribution is 2.48. The fourth-order valence-corrected chi connectivity index (χ4v) is 3.04. The zero-order chi connectivity index (χ0) is 12.2. The van der Waals surface area contributed by atoms with Crippen LogP contribution in [0.15, 0.2) is 18.2 Å². The first-order chi connectivity index (χ1) is 7.53. The van der Waals surface area contributed by atoms with E-state index in [1.165, 1.54) is 6.07 Å². The van der Waals surface area contributed by atoms with Crippen LogP contribution < -0.4 is 16.8 Å². The van der Waals surface area contributed by atoms with E-state index in [1.807, 2.05) is 0 Å². The Labute approximate surface area is 95.3 Å². The van der Waals surface area contributed by atoms with Crippen molar-refractivity contribution < 1.29 is 13.6 Å². The van der Waals surface area contributed by atoms with Crippen LogP contribution in [0.2, 0.25) is 0 Å². The first kappa shape index (κ1) is 13.0. The number of rotatable bonds is 5. The number of hydrogen-bond donors (Lipinski definition) is 2. The molecule has 4 N–H and O–H groups in total. The molecule has 0 bridgehead atoms. The smallest absolute Gasteiger partial charge is 0.363 e. The van der Waals surface area contributed by atoms with Gasteiger partial charge in [0.05, 0.1) is 18.5 Å². The Morgan fingerprint density at radius 2 is 1.75 bits per heavy atom. The number of hydrogen-bond acceptors (Lipinski definition) is 5. The van der Waals surface area contributed by atoms with Gasteiger partial charge in [0.1, 0.15) is 0 Å². The van der Waals surface area contributed by atoms with Crippen LogP contribution in [0.25, 0.3) is 0 Å². The molecule has 1 aromatic carbocycles. The van der Waals surface area contributed by atoms with Gasteiger partial charge in [0, 0.05) is 11.4 Å². The van der Waals surface area contributed by atoms with Crippen molar-refractivity contribution in [2.45, 2.75) is 13.8 Å². The third-order valence-corrected chi connectivity index (χ3v) is 4.12. The van der Waals surface area contributed by atoms with E-state index in [9.17, 15) is 4.57 Å². The molecule has 0 aliphatic carbocycles. The third kappa shape index (κ3) is 2.76. The molecule has 6 heteroatoms. The van der Waals surface area contributed by atoms with Crippen LogP contribution in [-0.2, 0) is 13.6 Å². The van der Waals surface area contributed by atoms with Crippen LogP contribution in [0, 0.1) is 0 Å². The van der Waals surface area contributed by atoms with E-state index in [-0.39, 0.29) is 13.2 Å². The summed E-state index contributed by atoms with van der Waals surface area (Å²) in [6.45, 7) is 4.05. The van der Waals surface area contributed by atoms with E-state index in [0.29, 0.717) is 16.7 Å². The molecular weight excluding hydrogens is 227 g/mol. The van der Waals surface area contributed by atoms with Crippen molar-refractivity contribution >= 4 is 24.3 Å². The molecule has 5 nitrogen and oxygen atoms in total. The van der Waals surface area contributed by atoms with Crippen LogP contribution in [0.4, 0.5) is 11.4 Å². The number of anilines is 2. The summed E-state index contributed by atoms with van der Waals surface area (Å²) in [5.74, 6) is 0. The maximum Gasteiger partial charge on any atom is 0.363 e. The lowest BCUT2D eigenvalue weighted by atomic mass is 10.3. The second kappa shape index (κ2) is 5.34. The fraction of sp³-hybridized carbons (Fsp3) is 0.400. The predicted molar refractivity (Wildman–Crippen MR) is 65.8 cm³/mol. The van der Waals surface area contributed by atoms with Crippen molar-refractivity contribution in [2.75, 3.05) is 24.7 Å². The Morgan fingerprint density at radius 1 is 1.19 bits per heavy atom. The fourth-order valence-electron chi connectivity index (χ4n) is 1.31. The van der Waals surface area contributed by atoms with Crippen molar-refractivity contribution in [1.82, 2.24) is 0 Å². The number of nitrogen functional groups attached to an aromatic ring is 2. The van der Waals surface area contributed by atoms with E-state index in [2.05, 4.69) is 0 Å². The lowest BCUT2D eigenvalue weighted by Gasteiger charge is -2.18. The molecule has 0 amide bonds. The normalized spacial score (nSPS) is 11.6. The highest BCUT2D eigenvalue weighted by molar-refractivity contribution is 7.62. The SMILES string of the molecule is CCOP(=O)(OCC)c1cc(N)ccc1N. The number of nitrogens with two attached hydrogens (primary N) is 2. The van der Waals surface area contributed by atoms with Crippen LogP contribution in [-0.4, -0.2) is 13.2 Å². The molecule has 0 saturated heterocycles. The Hall–Kier alpha value is -1.03. The monoisotopic (exact) mass is 244 g/mol. The molecule has 0 radical (unpaired) electrons. The maximum absolute atomic E-state index is 12.4. The molecule has 0 fully saturated rings. The average molecular weight is 244 g/mol. The molecule has 0 aromatic heterocycles. The second-order valence-electron chi connectivity index (χ2n) is 3.15. The van der Waals surface area contributed by atoms with Crippen molar-refractivity contribution in [3.63, 3.8) is 0 Å². The molecule has 0 aliphatic heterocycles. The Bertz CT molecular complexity index is 399. The summed E-state index contributed by atoms with van der Waals surface area (Å²) >= 11 is 0. The molecular formula is C10H17N2O3P. The predicted octanol–water partition coefficient (Wildman–Crippen LogP) is 1.74. The Kier molecular flexibility index (Phi) is 4.35. The molecule has 0 aliphatic rings. The zero-order valence-electron chi connectivity index (χ0n) is 9.47. The van der Waals surface area contributed by atoms with Gasteiger partial charge in [-0.15, -0.1) is 0 Å². The van der Waals surface area contributed by atoms with Gasteiger partial charge in [0.15, 0.2) is 0 Å². The number of benzene rings is 1. The summed E-state index contributed by atoms with van der Waals surface area (Å²) in [7, 11) is -3.34. The first-order valence-electron chi connectivity index (χ1n) is 5.08. The van der Waals surface area contributed by atoms with E-state index in [1.54, 1.807) is 26.0 Å². The molecule has 90 valence electrons. The lowest BCUT2D eigenvalue weighted by molar-refractivity contribution is 0.230. The molecule has 1 aromatic rings. The highest BCUT2D eigenvalue weighted by atomic mass is 31.2. The van der Waals surface area contributed by atoms with Gasteiger partial charge >= 0.3 is 7.60 Å². The standard InChI is InChI=1S/C10H17N2O3P/c1-3-14-16(13,15-4-2)10-7-8(11)5-6-9(10)12/h5-7H,3-4,11-12H2,1-2H3. The summed E-state index contributed by atoms with van der Waals surface area (Å²) in [6.07, 6.45) is 0. The Morgan fingerprint density at radius 3 is 2.25 bits per heavy atom. The van der Waals surface area contributed by atoms with Crippen LogP contribution in [0.5, 0.6) is 0 Å². The van der Waals surface area contributed by atoms with E-state index < -0.39 is 7.60 Å². The Balaban J connectivity index is 3.20. The molecule has 0 unspecified atom stereocenters. The highest BCUT2D eigenvalue weighted by Gasteiger charge is 2.29. The lowest BCUT2D eigenvalue weighted by Crippen LogP contribution is -2.15. The molecule has 16 heavy (non-hydrogen) atoms. The second-order valence-corrected chi connectivity index (χ2v) is 5.14. The van der Waals surface area contributed by atoms with Crippen molar-refractivity contribution in [3.8, 4) is 0 Å². The minimum absolute atomic E-state index is 0.283. The molecule has 0 saturated carbocycles.